The quantitative estimate of drug-likeness (QED) is 0.862. The van der Waals surface area contributed by atoms with E-state index < -0.39 is 6.10 Å². The zero-order valence-corrected chi connectivity index (χ0v) is 10.1. The summed E-state index contributed by atoms with van der Waals surface area (Å²) in [5.74, 6) is 0. The second kappa shape index (κ2) is 4.21. The lowest BCUT2D eigenvalue weighted by Crippen LogP contribution is -1.94. The Kier molecular flexibility index (Phi) is 3.14. The average Bonchev–Trinajstić information content (AvgIpc) is 2.73. The van der Waals surface area contributed by atoms with Crippen molar-refractivity contribution >= 4 is 45.9 Å². The second-order valence-electron chi connectivity index (χ2n) is 2.69. The van der Waals surface area contributed by atoms with Crippen LogP contribution in [0.5, 0.6) is 0 Å². The molecule has 0 aromatic carbocycles. The van der Waals surface area contributed by atoms with Crippen LogP contribution in [0.25, 0.3) is 0 Å². The van der Waals surface area contributed by atoms with Gasteiger partial charge in [-0.1, -0.05) is 23.2 Å². The number of thiophene rings is 2. The molecule has 0 radical (unpaired) electrons. The number of aliphatic hydroxyl groups is 1. The Morgan fingerprint density at radius 2 is 2.00 bits per heavy atom. The van der Waals surface area contributed by atoms with E-state index in [9.17, 15) is 5.11 Å². The first-order valence-corrected chi connectivity index (χ1v) is 6.30. The third kappa shape index (κ3) is 1.97. The highest BCUT2D eigenvalue weighted by atomic mass is 35.5. The largest absolute Gasteiger partial charge is 0.383 e. The maximum Gasteiger partial charge on any atom is 0.115 e. The van der Waals surface area contributed by atoms with Crippen molar-refractivity contribution in [3.63, 3.8) is 0 Å². The van der Waals surface area contributed by atoms with Crippen LogP contribution in [0.15, 0.2) is 23.6 Å². The third-order valence-corrected chi connectivity index (χ3v) is 4.29. The SMILES string of the molecule is OC(c1ccc(Cl)s1)c1ccsc1Cl. The third-order valence-electron chi connectivity index (χ3n) is 1.80. The molecule has 0 aliphatic rings. The van der Waals surface area contributed by atoms with E-state index in [-0.39, 0.29) is 0 Å². The van der Waals surface area contributed by atoms with E-state index in [4.69, 9.17) is 23.2 Å². The summed E-state index contributed by atoms with van der Waals surface area (Å²) in [6, 6.07) is 5.40. The molecule has 0 fully saturated rings. The first-order valence-electron chi connectivity index (χ1n) is 3.84. The van der Waals surface area contributed by atoms with Crippen LogP contribution in [-0.2, 0) is 0 Å². The van der Waals surface area contributed by atoms with Crippen molar-refractivity contribution in [3.05, 3.63) is 42.7 Å². The summed E-state index contributed by atoms with van der Waals surface area (Å²) < 4.78 is 1.30. The highest BCUT2D eigenvalue weighted by molar-refractivity contribution is 7.16. The topological polar surface area (TPSA) is 20.2 Å². The van der Waals surface area contributed by atoms with Gasteiger partial charge in [0.2, 0.25) is 0 Å². The summed E-state index contributed by atoms with van der Waals surface area (Å²) in [4.78, 5) is 0.815. The van der Waals surface area contributed by atoms with Crippen LogP contribution >= 0.6 is 45.9 Å². The van der Waals surface area contributed by atoms with Gasteiger partial charge in [-0.2, -0.15) is 0 Å². The minimum atomic E-state index is -0.661. The predicted octanol–water partition coefficient (Wildman–Crippen LogP) is 4.20. The number of hydrogen-bond acceptors (Lipinski definition) is 3. The van der Waals surface area contributed by atoms with Crippen LogP contribution in [-0.4, -0.2) is 5.11 Å². The average molecular weight is 265 g/mol. The molecule has 0 bridgehead atoms. The highest BCUT2D eigenvalue weighted by Gasteiger charge is 2.16. The molecule has 0 spiro atoms. The van der Waals surface area contributed by atoms with Gasteiger partial charge in [-0.05, 0) is 23.6 Å². The summed E-state index contributed by atoms with van der Waals surface area (Å²) in [6.45, 7) is 0. The fourth-order valence-corrected chi connectivity index (χ4v) is 3.16. The van der Waals surface area contributed by atoms with Crippen LogP contribution in [0.1, 0.15) is 16.5 Å². The van der Waals surface area contributed by atoms with E-state index in [1.165, 1.54) is 22.7 Å². The Morgan fingerprint density at radius 1 is 1.21 bits per heavy atom. The van der Waals surface area contributed by atoms with Crippen molar-refractivity contribution in [2.45, 2.75) is 6.10 Å². The molecule has 0 saturated heterocycles. The minimum Gasteiger partial charge on any atom is -0.383 e. The summed E-state index contributed by atoms with van der Waals surface area (Å²) >= 11 is 14.5. The fourth-order valence-electron chi connectivity index (χ4n) is 1.13. The van der Waals surface area contributed by atoms with Gasteiger partial charge in [0.25, 0.3) is 0 Å². The molecule has 1 N–H and O–H groups in total. The van der Waals surface area contributed by atoms with Gasteiger partial charge in [-0.15, -0.1) is 22.7 Å². The molecule has 0 saturated carbocycles. The van der Waals surface area contributed by atoms with Gasteiger partial charge in [-0.25, -0.2) is 0 Å². The highest BCUT2D eigenvalue weighted by Crippen LogP contribution is 2.36. The van der Waals surface area contributed by atoms with Crippen LogP contribution < -0.4 is 0 Å². The standard InChI is InChI=1S/C9H6Cl2OS2/c10-7-2-1-6(14-7)8(12)5-3-4-13-9(5)11/h1-4,8,12H. The molecular weight excluding hydrogens is 259 g/mol. The first-order chi connectivity index (χ1) is 6.68. The van der Waals surface area contributed by atoms with Gasteiger partial charge in [0.15, 0.2) is 0 Å². The molecule has 2 heterocycles. The Hall–Kier alpha value is -0.0600. The maximum absolute atomic E-state index is 9.95. The molecule has 0 amide bonds. The predicted molar refractivity (Wildman–Crippen MR) is 62.7 cm³/mol. The Balaban J connectivity index is 2.33. The summed E-state index contributed by atoms with van der Waals surface area (Å²) in [5.41, 5.74) is 0.746. The Morgan fingerprint density at radius 3 is 2.50 bits per heavy atom. The lowest BCUT2D eigenvalue weighted by atomic mass is 10.2. The van der Waals surface area contributed by atoms with E-state index in [2.05, 4.69) is 0 Å². The van der Waals surface area contributed by atoms with Crippen molar-refractivity contribution < 1.29 is 5.11 Å². The van der Waals surface area contributed by atoms with Crippen LogP contribution in [0.2, 0.25) is 8.67 Å². The van der Waals surface area contributed by atoms with Crippen molar-refractivity contribution in [1.82, 2.24) is 0 Å². The summed E-state index contributed by atoms with van der Waals surface area (Å²) in [5, 5.41) is 11.8. The molecule has 1 unspecified atom stereocenters. The number of aliphatic hydroxyl groups excluding tert-OH is 1. The first kappa shape index (κ1) is 10.5. The lowest BCUT2D eigenvalue weighted by molar-refractivity contribution is 0.225. The number of halogens is 2. The van der Waals surface area contributed by atoms with Gasteiger partial charge in [0.05, 0.1) is 8.67 Å². The minimum absolute atomic E-state index is 0.627. The number of rotatable bonds is 2. The van der Waals surface area contributed by atoms with E-state index in [1.807, 2.05) is 17.5 Å². The van der Waals surface area contributed by atoms with Crippen molar-refractivity contribution in [1.29, 1.82) is 0 Å². The van der Waals surface area contributed by atoms with Crippen LogP contribution in [0, 0.1) is 0 Å². The van der Waals surface area contributed by atoms with E-state index in [0.29, 0.717) is 8.67 Å². The molecule has 74 valence electrons. The van der Waals surface area contributed by atoms with Crippen molar-refractivity contribution in [3.8, 4) is 0 Å². The Labute approximate surface area is 99.5 Å². The van der Waals surface area contributed by atoms with Gasteiger partial charge in [-0.3, -0.25) is 0 Å². The van der Waals surface area contributed by atoms with Crippen molar-refractivity contribution in [2.75, 3.05) is 0 Å². The normalized spacial score (nSPS) is 13.1. The monoisotopic (exact) mass is 264 g/mol. The molecule has 1 atom stereocenters. The Bertz CT molecular complexity index is 435. The van der Waals surface area contributed by atoms with Gasteiger partial charge in [0.1, 0.15) is 6.10 Å². The molecule has 2 aromatic heterocycles. The van der Waals surface area contributed by atoms with E-state index in [1.54, 1.807) is 6.07 Å². The molecule has 2 rings (SSSR count). The fraction of sp³-hybridized carbons (Fsp3) is 0.111. The molecule has 0 aliphatic carbocycles. The van der Waals surface area contributed by atoms with E-state index in [0.717, 1.165) is 10.4 Å². The van der Waals surface area contributed by atoms with Gasteiger partial charge < -0.3 is 5.11 Å². The molecule has 0 aliphatic heterocycles. The zero-order valence-electron chi connectivity index (χ0n) is 6.91. The maximum atomic E-state index is 9.95. The van der Waals surface area contributed by atoms with Crippen LogP contribution in [0.4, 0.5) is 0 Å². The molecule has 5 heteroatoms. The van der Waals surface area contributed by atoms with Gasteiger partial charge >= 0.3 is 0 Å². The van der Waals surface area contributed by atoms with Crippen molar-refractivity contribution in [2.24, 2.45) is 0 Å². The summed E-state index contributed by atoms with van der Waals surface area (Å²) in [7, 11) is 0. The van der Waals surface area contributed by atoms with Gasteiger partial charge in [0, 0.05) is 10.4 Å². The zero-order chi connectivity index (χ0) is 10.1. The molecule has 14 heavy (non-hydrogen) atoms. The lowest BCUT2D eigenvalue weighted by Gasteiger charge is -2.06. The molecule has 1 nitrogen and oxygen atoms in total. The summed E-state index contributed by atoms with van der Waals surface area (Å²) in [6.07, 6.45) is -0.661. The van der Waals surface area contributed by atoms with E-state index >= 15 is 0 Å². The number of hydrogen-bond donors (Lipinski definition) is 1. The molecule has 2 aromatic rings. The second-order valence-corrected chi connectivity index (χ2v) is 5.96. The molecular formula is C9H6Cl2OS2. The smallest absolute Gasteiger partial charge is 0.115 e. The van der Waals surface area contributed by atoms with Crippen LogP contribution in [0.3, 0.4) is 0 Å².